The Kier molecular flexibility index (Phi) is 4.26. The molecule has 0 bridgehead atoms. The smallest absolute Gasteiger partial charge is 0.406 e. The van der Waals surface area contributed by atoms with Crippen LogP contribution in [0.25, 0.3) is 0 Å². The van der Waals surface area contributed by atoms with E-state index in [1.807, 2.05) is 0 Å². The van der Waals surface area contributed by atoms with Gasteiger partial charge in [-0.05, 0) is 18.2 Å². The third-order valence-electron chi connectivity index (χ3n) is 2.09. The van der Waals surface area contributed by atoms with Crippen molar-refractivity contribution in [2.45, 2.75) is 6.36 Å². The van der Waals surface area contributed by atoms with Gasteiger partial charge in [-0.1, -0.05) is 0 Å². The molecular formula is C11H8F4N4OS. The number of hydrazone groups is 1. The zero-order chi connectivity index (χ0) is 15.5. The summed E-state index contributed by atoms with van der Waals surface area (Å²) < 4.78 is 53.3. The first-order chi connectivity index (χ1) is 9.83. The first kappa shape index (κ1) is 15.0. The number of hydrogen-bond donors (Lipinski definition) is 2. The van der Waals surface area contributed by atoms with E-state index in [1.165, 1.54) is 11.3 Å². The minimum Gasteiger partial charge on any atom is -0.406 e. The first-order valence-corrected chi connectivity index (χ1v) is 6.27. The van der Waals surface area contributed by atoms with Gasteiger partial charge in [0.2, 0.25) is 5.13 Å². The number of nitrogens with one attached hydrogen (secondary N) is 1. The molecule has 0 spiro atoms. The molecule has 0 atom stereocenters. The summed E-state index contributed by atoms with van der Waals surface area (Å²) in [5, 5.41) is 5.60. The van der Waals surface area contributed by atoms with E-state index in [9.17, 15) is 17.6 Å². The van der Waals surface area contributed by atoms with Gasteiger partial charge in [0.05, 0.1) is 6.21 Å². The van der Waals surface area contributed by atoms with Crippen molar-refractivity contribution in [2.75, 3.05) is 11.2 Å². The van der Waals surface area contributed by atoms with E-state index in [1.54, 1.807) is 5.38 Å². The van der Waals surface area contributed by atoms with Crippen molar-refractivity contribution in [3.63, 3.8) is 0 Å². The van der Waals surface area contributed by atoms with E-state index in [0.717, 1.165) is 24.4 Å². The lowest BCUT2D eigenvalue weighted by atomic mass is 10.2. The predicted molar refractivity (Wildman–Crippen MR) is 70.8 cm³/mol. The molecule has 1 aromatic carbocycles. The van der Waals surface area contributed by atoms with Crippen LogP contribution in [-0.2, 0) is 0 Å². The number of nitrogen functional groups attached to an aromatic ring is 1. The lowest BCUT2D eigenvalue weighted by molar-refractivity contribution is -0.274. The van der Waals surface area contributed by atoms with Gasteiger partial charge in [0.1, 0.15) is 17.4 Å². The first-order valence-electron chi connectivity index (χ1n) is 5.39. The molecular weight excluding hydrogens is 312 g/mol. The number of anilines is 2. The summed E-state index contributed by atoms with van der Waals surface area (Å²) in [6.45, 7) is 0. The van der Waals surface area contributed by atoms with Gasteiger partial charge in [0.25, 0.3) is 0 Å². The zero-order valence-corrected chi connectivity index (χ0v) is 11.0. The molecule has 2 rings (SSSR count). The number of thiazole rings is 1. The number of alkyl halides is 3. The van der Waals surface area contributed by atoms with Crippen molar-refractivity contribution in [1.29, 1.82) is 0 Å². The van der Waals surface area contributed by atoms with Gasteiger partial charge >= 0.3 is 6.36 Å². The Hall–Kier alpha value is -2.36. The molecule has 0 aliphatic rings. The molecule has 0 amide bonds. The number of benzene rings is 1. The largest absolute Gasteiger partial charge is 0.573 e. The minimum absolute atomic E-state index is 0.172. The van der Waals surface area contributed by atoms with Crippen molar-refractivity contribution in [3.05, 3.63) is 35.0 Å². The van der Waals surface area contributed by atoms with Gasteiger partial charge in [-0.3, -0.25) is 5.43 Å². The molecule has 0 aliphatic heterocycles. The van der Waals surface area contributed by atoms with Gasteiger partial charge in [-0.25, -0.2) is 9.37 Å². The van der Waals surface area contributed by atoms with Crippen LogP contribution in [0, 0.1) is 5.82 Å². The predicted octanol–water partition coefficient (Wildman–Crippen LogP) is 3.21. The molecule has 0 saturated heterocycles. The Balaban J connectivity index is 2.09. The van der Waals surface area contributed by atoms with Crippen LogP contribution in [0.4, 0.5) is 28.5 Å². The van der Waals surface area contributed by atoms with Crippen molar-refractivity contribution in [3.8, 4) is 5.75 Å². The quantitative estimate of drug-likeness (QED) is 0.515. The average molecular weight is 320 g/mol. The monoisotopic (exact) mass is 320 g/mol. The van der Waals surface area contributed by atoms with Crippen LogP contribution in [0.3, 0.4) is 0 Å². The van der Waals surface area contributed by atoms with E-state index < -0.39 is 17.9 Å². The maximum Gasteiger partial charge on any atom is 0.573 e. The van der Waals surface area contributed by atoms with Gasteiger partial charge in [0, 0.05) is 10.9 Å². The molecule has 112 valence electrons. The molecule has 0 saturated carbocycles. The second-order valence-electron chi connectivity index (χ2n) is 3.68. The second kappa shape index (κ2) is 5.95. The van der Waals surface area contributed by atoms with Crippen LogP contribution in [0.15, 0.2) is 28.7 Å². The summed E-state index contributed by atoms with van der Waals surface area (Å²) >= 11 is 1.17. The molecule has 21 heavy (non-hydrogen) atoms. The van der Waals surface area contributed by atoms with Gasteiger partial charge in [-0.15, -0.1) is 24.5 Å². The van der Waals surface area contributed by atoms with Crippen LogP contribution < -0.4 is 15.9 Å². The topological polar surface area (TPSA) is 72.5 Å². The fraction of sp³-hybridized carbons (Fsp3) is 0.0909. The standard InChI is InChI=1S/C11H8F4N4OS/c12-8-2-1-7(20-11(13,14)15)3-6(8)4-17-19-10-18-9(16)5-21-10/h1-5H,16H2,(H,18,19). The summed E-state index contributed by atoms with van der Waals surface area (Å²) in [5.74, 6) is -0.984. The molecule has 10 heteroatoms. The third kappa shape index (κ3) is 4.60. The molecule has 2 aromatic rings. The number of rotatable bonds is 4. The second-order valence-corrected chi connectivity index (χ2v) is 4.54. The molecule has 1 aromatic heterocycles. The van der Waals surface area contributed by atoms with E-state index in [-0.39, 0.29) is 5.56 Å². The molecule has 0 fully saturated rings. The average Bonchev–Trinajstić information content (AvgIpc) is 2.77. The van der Waals surface area contributed by atoms with Gasteiger partial charge < -0.3 is 10.5 Å². The molecule has 1 heterocycles. The normalized spacial score (nSPS) is 11.8. The Morgan fingerprint density at radius 3 is 2.76 bits per heavy atom. The minimum atomic E-state index is -4.84. The van der Waals surface area contributed by atoms with Gasteiger partial charge in [-0.2, -0.15) is 5.10 Å². The van der Waals surface area contributed by atoms with Crippen LogP contribution >= 0.6 is 11.3 Å². The van der Waals surface area contributed by atoms with Gasteiger partial charge in [0.15, 0.2) is 0 Å². The number of halogens is 4. The molecule has 0 radical (unpaired) electrons. The number of ether oxygens (including phenoxy) is 1. The fourth-order valence-corrected chi connectivity index (χ4v) is 1.86. The van der Waals surface area contributed by atoms with E-state index in [2.05, 4.69) is 20.2 Å². The summed E-state index contributed by atoms with van der Waals surface area (Å²) in [6.07, 6.45) is -3.83. The van der Waals surface area contributed by atoms with Crippen LogP contribution in [-0.4, -0.2) is 17.6 Å². The van der Waals surface area contributed by atoms with Crippen molar-refractivity contribution >= 4 is 28.5 Å². The Labute approximate surface area is 120 Å². The third-order valence-corrected chi connectivity index (χ3v) is 2.85. The van der Waals surface area contributed by atoms with Crippen LogP contribution in [0.1, 0.15) is 5.56 Å². The van der Waals surface area contributed by atoms with Crippen molar-refractivity contribution in [1.82, 2.24) is 4.98 Å². The highest BCUT2D eigenvalue weighted by molar-refractivity contribution is 7.14. The summed E-state index contributed by atoms with van der Waals surface area (Å²) in [6, 6.07) is 2.60. The Morgan fingerprint density at radius 1 is 1.38 bits per heavy atom. The SMILES string of the molecule is Nc1csc(NN=Cc2cc(OC(F)(F)F)ccc2F)n1. The molecule has 5 nitrogen and oxygen atoms in total. The maximum absolute atomic E-state index is 13.4. The molecule has 0 aliphatic carbocycles. The number of nitrogens with two attached hydrogens (primary N) is 1. The van der Waals surface area contributed by atoms with Crippen LogP contribution in [0.5, 0.6) is 5.75 Å². The highest BCUT2D eigenvalue weighted by Gasteiger charge is 2.31. The Morgan fingerprint density at radius 2 is 2.14 bits per heavy atom. The highest BCUT2D eigenvalue weighted by Crippen LogP contribution is 2.24. The zero-order valence-electron chi connectivity index (χ0n) is 10.2. The Bertz CT molecular complexity index is 656. The number of aromatic nitrogens is 1. The van der Waals surface area contributed by atoms with E-state index in [4.69, 9.17) is 5.73 Å². The van der Waals surface area contributed by atoms with Crippen LogP contribution in [0.2, 0.25) is 0 Å². The maximum atomic E-state index is 13.4. The molecule has 0 unspecified atom stereocenters. The lowest BCUT2D eigenvalue weighted by Gasteiger charge is -2.09. The number of nitrogens with zero attached hydrogens (tertiary/aromatic N) is 2. The highest BCUT2D eigenvalue weighted by atomic mass is 32.1. The van der Waals surface area contributed by atoms with E-state index in [0.29, 0.717) is 10.9 Å². The summed E-state index contributed by atoms with van der Waals surface area (Å²) in [7, 11) is 0. The number of hydrogen-bond acceptors (Lipinski definition) is 6. The lowest BCUT2D eigenvalue weighted by Crippen LogP contribution is -2.17. The summed E-state index contributed by atoms with van der Waals surface area (Å²) in [4.78, 5) is 3.83. The van der Waals surface area contributed by atoms with E-state index >= 15 is 0 Å². The fourth-order valence-electron chi connectivity index (χ4n) is 1.31. The molecule has 3 N–H and O–H groups in total. The van der Waals surface area contributed by atoms with Crippen molar-refractivity contribution < 1.29 is 22.3 Å². The van der Waals surface area contributed by atoms with Crippen molar-refractivity contribution in [2.24, 2.45) is 5.10 Å². The summed E-state index contributed by atoms with van der Waals surface area (Å²) in [5.41, 5.74) is 7.69.